The molecule has 1 aliphatic rings. The monoisotopic (exact) mass is 284 g/mol. The van der Waals surface area contributed by atoms with E-state index in [1.807, 2.05) is 0 Å². The topological polar surface area (TPSA) is 66.6 Å². The number of benzene rings is 1. The lowest BCUT2D eigenvalue weighted by molar-refractivity contribution is -0.0668. The SMILES string of the molecule is CC1(O)CN(C(=O)c2ccc(N)c(Br)c2)C1. The lowest BCUT2D eigenvalue weighted by Gasteiger charge is -2.44. The molecule has 1 aromatic carbocycles. The summed E-state index contributed by atoms with van der Waals surface area (Å²) >= 11 is 3.28. The summed E-state index contributed by atoms with van der Waals surface area (Å²) in [6, 6.07) is 5.08. The number of halogens is 1. The van der Waals surface area contributed by atoms with Gasteiger partial charge in [0.15, 0.2) is 0 Å². The lowest BCUT2D eigenvalue weighted by Crippen LogP contribution is -2.61. The van der Waals surface area contributed by atoms with Gasteiger partial charge in [-0.05, 0) is 41.1 Å². The molecule has 5 heteroatoms. The van der Waals surface area contributed by atoms with Crippen molar-refractivity contribution in [2.45, 2.75) is 12.5 Å². The van der Waals surface area contributed by atoms with E-state index in [9.17, 15) is 9.90 Å². The second-order valence-electron chi connectivity index (χ2n) is 4.39. The smallest absolute Gasteiger partial charge is 0.254 e. The van der Waals surface area contributed by atoms with E-state index in [0.29, 0.717) is 28.8 Å². The Kier molecular flexibility index (Phi) is 2.67. The van der Waals surface area contributed by atoms with Crippen LogP contribution < -0.4 is 5.73 Å². The maximum absolute atomic E-state index is 11.9. The van der Waals surface area contributed by atoms with Crippen molar-refractivity contribution in [2.75, 3.05) is 18.8 Å². The van der Waals surface area contributed by atoms with E-state index in [2.05, 4.69) is 15.9 Å². The number of carbonyl (C=O) groups excluding carboxylic acids is 1. The predicted molar refractivity (Wildman–Crippen MR) is 65.1 cm³/mol. The van der Waals surface area contributed by atoms with Crippen molar-refractivity contribution in [3.8, 4) is 0 Å². The average Bonchev–Trinajstić information content (AvgIpc) is 2.17. The van der Waals surface area contributed by atoms with Gasteiger partial charge in [-0.3, -0.25) is 4.79 Å². The largest absolute Gasteiger partial charge is 0.398 e. The van der Waals surface area contributed by atoms with Gasteiger partial charge >= 0.3 is 0 Å². The molecule has 1 heterocycles. The molecule has 4 nitrogen and oxygen atoms in total. The van der Waals surface area contributed by atoms with E-state index in [0.717, 1.165) is 0 Å². The Morgan fingerprint density at radius 2 is 2.19 bits per heavy atom. The van der Waals surface area contributed by atoms with Crippen LogP contribution in [-0.4, -0.2) is 34.6 Å². The molecule has 1 aliphatic heterocycles. The summed E-state index contributed by atoms with van der Waals surface area (Å²) < 4.78 is 0.714. The van der Waals surface area contributed by atoms with Gasteiger partial charge < -0.3 is 15.7 Å². The predicted octanol–water partition coefficient (Wildman–Crippen LogP) is 1.24. The molecule has 0 atom stereocenters. The summed E-state index contributed by atoms with van der Waals surface area (Å²) in [6.45, 7) is 2.48. The minimum absolute atomic E-state index is 0.0766. The van der Waals surface area contributed by atoms with Crippen LogP contribution in [0.15, 0.2) is 22.7 Å². The number of anilines is 1. The molecule has 1 fully saturated rings. The fourth-order valence-electron chi connectivity index (χ4n) is 1.76. The fraction of sp³-hybridized carbons (Fsp3) is 0.364. The molecule has 16 heavy (non-hydrogen) atoms. The molecule has 0 spiro atoms. The van der Waals surface area contributed by atoms with Gasteiger partial charge in [-0.2, -0.15) is 0 Å². The van der Waals surface area contributed by atoms with Crippen LogP contribution in [0.3, 0.4) is 0 Å². The number of nitrogens with two attached hydrogens (primary N) is 1. The second kappa shape index (κ2) is 3.75. The highest BCUT2D eigenvalue weighted by Gasteiger charge is 2.39. The van der Waals surface area contributed by atoms with Crippen LogP contribution in [0.2, 0.25) is 0 Å². The Bertz CT molecular complexity index is 438. The molecule has 0 aromatic heterocycles. The molecule has 1 saturated heterocycles. The molecule has 1 aromatic rings. The highest BCUT2D eigenvalue weighted by molar-refractivity contribution is 9.10. The summed E-state index contributed by atoms with van der Waals surface area (Å²) in [5.41, 5.74) is 6.09. The average molecular weight is 285 g/mol. The minimum atomic E-state index is -0.735. The quantitative estimate of drug-likeness (QED) is 0.763. The molecule has 86 valence electrons. The van der Waals surface area contributed by atoms with Crippen LogP contribution in [0.25, 0.3) is 0 Å². The van der Waals surface area contributed by atoms with Gasteiger partial charge in [0.05, 0.1) is 18.7 Å². The first-order valence-electron chi connectivity index (χ1n) is 4.96. The number of carbonyl (C=O) groups is 1. The molecule has 0 bridgehead atoms. The van der Waals surface area contributed by atoms with Gasteiger partial charge in [0.25, 0.3) is 5.91 Å². The summed E-state index contributed by atoms with van der Waals surface area (Å²) in [5, 5.41) is 9.55. The molecular formula is C11H13BrN2O2. The minimum Gasteiger partial charge on any atom is -0.398 e. The number of nitrogens with zero attached hydrogens (tertiary/aromatic N) is 1. The number of hydrogen-bond donors (Lipinski definition) is 2. The Labute approximate surface area is 102 Å². The highest BCUT2D eigenvalue weighted by atomic mass is 79.9. The van der Waals surface area contributed by atoms with Crippen molar-refractivity contribution in [2.24, 2.45) is 0 Å². The van der Waals surface area contributed by atoms with E-state index in [-0.39, 0.29) is 5.91 Å². The molecular weight excluding hydrogens is 272 g/mol. The third-order valence-electron chi connectivity index (χ3n) is 2.60. The van der Waals surface area contributed by atoms with Crippen LogP contribution in [0.5, 0.6) is 0 Å². The van der Waals surface area contributed by atoms with E-state index in [4.69, 9.17) is 5.73 Å². The Hall–Kier alpha value is -1.07. The standard InChI is InChI=1S/C11H13BrN2O2/c1-11(16)5-14(6-11)10(15)7-2-3-9(13)8(12)4-7/h2-4,16H,5-6,13H2,1H3. The van der Waals surface area contributed by atoms with Crippen LogP contribution in [-0.2, 0) is 0 Å². The Morgan fingerprint density at radius 3 is 2.69 bits per heavy atom. The van der Waals surface area contributed by atoms with Gasteiger partial charge in [0.1, 0.15) is 0 Å². The fourth-order valence-corrected chi connectivity index (χ4v) is 2.14. The van der Waals surface area contributed by atoms with Gasteiger partial charge in [-0.1, -0.05) is 0 Å². The zero-order chi connectivity index (χ0) is 11.9. The van der Waals surface area contributed by atoms with E-state index in [1.54, 1.807) is 30.0 Å². The number of β-amino-alcohol motifs (C(OH)–C–C–N with tert-alkyl or cyclic N) is 1. The summed E-state index contributed by atoms with van der Waals surface area (Å²) in [6.07, 6.45) is 0. The summed E-state index contributed by atoms with van der Waals surface area (Å²) in [5.74, 6) is -0.0766. The lowest BCUT2D eigenvalue weighted by atomic mass is 9.96. The third-order valence-corrected chi connectivity index (χ3v) is 3.28. The van der Waals surface area contributed by atoms with Gasteiger partial charge in [-0.15, -0.1) is 0 Å². The molecule has 0 saturated carbocycles. The Morgan fingerprint density at radius 1 is 1.56 bits per heavy atom. The second-order valence-corrected chi connectivity index (χ2v) is 5.25. The van der Waals surface area contributed by atoms with Crippen molar-refractivity contribution < 1.29 is 9.90 Å². The number of hydrogen-bond acceptors (Lipinski definition) is 3. The first-order chi connectivity index (χ1) is 7.39. The van der Waals surface area contributed by atoms with Crippen molar-refractivity contribution in [1.82, 2.24) is 4.90 Å². The molecule has 3 N–H and O–H groups in total. The van der Waals surface area contributed by atoms with Crippen LogP contribution in [0.4, 0.5) is 5.69 Å². The number of nitrogen functional groups attached to an aromatic ring is 1. The number of likely N-dealkylation sites (tertiary alicyclic amines) is 1. The number of rotatable bonds is 1. The number of aliphatic hydroxyl groups is 1. The third kappa shape index (κ3) is 2.05. The molecule has 0 unspecified atom stereocenters. The van der Waals surface area contributed by atoms with Gasteiger partial charge in [0.2, 0.25) is 0 Å². The van der Waals surface area contributed by atoms with Crippen LogP contribution in [0.1, 0.15) is 17.3 Å². The van der Waals surface area contributed by atoms with E-state index < -0.39 is 5.60 Å². The zero-order valence-electron chi connectivity index (χ0n) is 8.90. The first kappa shape index (κ1) is 11.4. The maximum atomic E-state index is 11.9. The molecule has 0 radical (unpaired) electrons. The van der Waals surface area contributed by atoms with Crippen molar-refractivity contribution in [3.63, 3.8) is 0 Å². The maximum Gasteiger partial charge on any atom is 0.254 e. The molecule has 1 amide bonds. The normalized spacial score (nSPS) is 18.1. The highest BCUT2D eigenvalue weighted by Crippen LogP contribution is 2.25. The van der Waals surface area contributed by atoms with Crippen molar-refractivity contribution >= 4 is 27.5 Å². The van der Waals surface area contributed by atoms with E-state index >= 15 is 0 Å². The zero-order valence-corrected chi connectivity index (χ0v) is 10.5. The van der Waals surface area contributed by atoms with Crippen molar-refractivity contribution in [1.29, 1.82) is 0 Å². The van der Waals surface area contributed by atoms with Crippen molar-refractivity contribution in [3.05, 3.63) is 28.2 Å². The molecule has 0 aliphatic carbocycles. The van der Waals surface area contributed by atoms with Crippen LogP contribution in [0, 0.1) is 0 Å². The van der Waals surface area contributed by atoms with Gasteiger partial charge in [0, 0.05) is 15.7 Å². The molecule has 2 rings (SSSR count). The van der Waals surface area contributed by atoms with Crippen LogP contribution >= 0.6 is 15.9 Å². The number of amides is 1. The Balaban J connectivity index is 2.13. The van der Waals surface area contributed by atoms with Gasteiger partial charge in [-0.25, -0.2) is 0 Å². The van der Waals surface area contributed by atoms with E-state index in [1.165, 1.54) is 0 Å². The summed E-state index contributed by atoms with van der Waals surface area (Å²) in [4.78, 5) is 13.5. The first-order valence-corrected chi connectivity index (χ1v) is 5.75. The summed E-state index contributed by atoms with van der Waals surface area (Å²) in [7, 11) is 0.